The fourth-order valence-electron chi connectivity index (χ4n) is 2.69. The zero-order valence-electron chi connectivity index (χ0n) is 12.6. The summed E-state index contributed by atoms with van der Waals surface area (Å²) >= 11 is 0. The SMILES string of the molecule is Cn1ccnc1[C@H]1OCC[C@@H]1NS(=O)(=O)Cc1ccc(F)cc1. The van der Waals surface area contributed by atoms with Crippen LogP contribution in [0.5, 0.6) is 0 Å². The van der Waals surface area contributed by atoms with E-state index in [1.807, 2.05) is 11.6 Å². The Morgan fingerprint density at radius 3 is 2.78 bits per heavy atom. The highest BCUT2D eigenvalue weighted by Crippen LogP contribution is 2.28. The van der Waals surface area contributed by atoms with E-state index in [1.54, 1.807) is 12.4 Å². The Bertz CT molecular complexity index is 774. The molecule has 0 bridgehead atoms. The van der Waals surface area contributed by atoms with Gasteiger partial charge >= 0.3 is 0 Å². The number of ether oxygens (including phenoxy) is 1. The van der Waals surface area contributed by atoms with Gasteiger partial charge in [0.1, 0.15) is 17.7 Å². The van der Waals surface area contributed by atoms with Gasteiger partial charge in [-0.15, -0.1) is 0 Å². The van der Waals surface area contributed by atoms with Crippen LogP contribution in [0.25, 0.3) is 0 Å². The maximum atomic E-state index is 12.9. The highest BCUT2D eigenvalue weighted by atomic mass is 32.2. The van der Waals surface area contributed by atoms with Crippen LogP contribution in [0.2, 0.25) is 0 Å². The average molecular weight is 339 g/mol. The largest absolute Gasteiger partial charge is 0.369 e. The Kier molecular flexibility index (Phi) is 4.47. The minimum Gasteiger partial charge on any atom is -0.369 e. The molecule has 0 unspecified atom stereocenters. The van der Waals surface area contributed by atoms with E-state index in [1.165, 1.54) is 24.3 Å². The summed E-state index contributed by atoms with van der Waals surface area (Å²) in [4.78, 5) is 4.23. The first-order chi connectivity index (χ1) is 10.9. The van der Waals surface area contributed by atoms with Crippen molar-refractivity contribution in [2.24, 2.45) is 7.05 Å². The van der Waals surface area contributed by atoms with Crippen molar-refractivity contribution < 1.29 is 17.5 Å². The Morgan fingerprint density at radius 2 is 2.13 bits per heavy atom. The number of aromatic nitrogens is 2. The summed E-state index contributed by atoms with van der Waals surface area (Å²) in [6, 6.07) is 5.08. The van der Waals surface area contributed by atoms with Gasteiger partial charge in [-0.25, -0.2) is 22.5 Å². The first kappa shape index (κ1) is 16.1. The van der Waals surface area contributed by atoms with Crippen molar-refractivity contribution in [2.75, 3.05) is 6.61 Å². The van der Waals surface area contributed by atoms with Crippen molar-refractivity contribution in [1.82, 2.24) is 14.3 Å². The van der Waals surface area contributed by atoms with Crippen LogP contribution in [0.3, 0.4) is 0 Å². The fourth-order valence-corrected chi connectivity index (χ4v) is 4.11. The topological polar surface area (TPSA) is 73.2 Å². The van der Waals surface area contributed by atoms with Gasteiger partial charge in [-0.2, -0.15) is 0 Å². The van der Waals surface area contributed by atoms with E-state index in [9.17, 15) is 12.8 Å². The minimum atomic E-state index is -3.56. The Hall–Kier alpha value is -1.77. The van der Waals surface area contributed by atoms with Gasteiger partial charge in [0.25, 0.3) is 0 Å². The van der Waals surface area contributed by atoms with Crippen LogP contribution in [0, 0.1) is 5.82 Å². The molecule has 2 atom stereocenters. The zero-order chi connectivity index (χ0) is 16.4. The predicted molar refractivity (Wildman–Crippen MR) is 82.5 cm³/mol. The molecule has 1 saturated heterocycles. The fraction of sp³-hybridized carbons (Fsp3) is 0.400. The molecule has 2 heterocycles. The maximum absolute atomic E-state index is 12.9. The van der Waals surface area contributed by atoms with E-state index in [-0.39, 0.29) is 11.8 Å². The maximum Gasteiger partial charge on any atom is 0.216 e. The van der Waals surface area contributed by atoms with Crippen molar-refractivity contribution >= 4 is 10.0 Å². The molecule has 6 nitrogen and oxygen atoms in total. The molecular formula is C15H18FN3O3S. The van der Waals surface area contributed by atoms with Crippen LogP contribution >= 0.6 is 0 Å². The van der Waals surface area contributed by atoms with Crippen molar-refractivity contribution in [1.29, 1.82) is 0 Å². The van der Waals surface area contributed by atoms with E-state index in [0.717, 1.165) is 0 Å². The van der Waals surface area contributed by atoms with Crippen LogP contribution < -0.4 is 4.72 Å². The van der Waals surface area contributed by atoms with Crippen LogP contribution in [-0.4, -0.2) is 30.6 Å². The number of nitrogens with zero attached hydrogens (tertiary/aromatic N) is 2. The summed E-state index contributed by atoms with van der Waals surface area (Å²) < 4.78 is 47.8. The highest BCUT2D eigenvalue weighted by Gasteiger charge is 2.35. The first-order valence-electron chi connectivity index (χ1n) is 7.28. The third-order valence-electron chi connectivity index (χ3n) is 3.81. The summed E-state index contributed by atoms with van der Waals surface area (Å²) in [6.07, 6.45) is 3.63. The van der Waals surface area contributed by atoms with Gasteiger partial charge in [0.05, 0.1) is 11.8 Å². The Morgan fingerprint density at radius 1 is 1.39 bits per heavy atom. The van der Waals surface area contributed by atoms with E-state index >= 15 is 0 Å². The molecule has 1 fully saturated rings. The molecular weight excluding hydrogens is 321 g/mol. The van der Waals surface area contributed by atoms with Gasteiger partial charge in [-0.05, 0) is 24.1 Å². The molecule has 1 aliphatic rings. The van der Waals surface area contributed by atoms with E-state index in [4.69, 9.17) is 4.74 Å². The molecule has 0 amide bonds. The molecule has 23 heavy (non-hydrogen) atoms. The van der Waals surface area contributed by atoms with Crippen molar-refractivity contribution in [3.05, 3.63) is 53.9 Å². The lowest BCUT2D eigenvalue weighted by molar-refractivity contribution is 0.0932. The summed E-state index contributed by atoms with van der Waals surface area (Å²) in [5.41, 5.74) is 0.534. The van der Waals surface area contributed by atoms with Gasteiger partial charge in [0.2, 0.25) is 10.0 Å². The molecule has 3 rings (SSSR count). The van der Waals surface area contributed by atoms with Crippen LogP contribution in [0.4, 0.5) is 4.39 Å². The van der Waals surface area contributed by atoms with Gasteiger partial charge < -0.3 is 9.30 Å². The number of aryl methyl sites for hydroxylation is 1. The molecule has 0 aliphatic carbocycles. The first-order valence-corrected chi connectivity index (χ1v) is 8.93. The Labute approximate surface area is 134 Å². The number of hydrogen-bond acceptors (Lipinski definition) is 4. The van der Waals surface area contributed by atoms with Gasteiger partial charge in [-0.1, -0.05) is 12.1 Å². The number of halogens is 1. The van der Waals surface area contributed by atoms with Crippen LogP contribution in [0.1, 0.15) is 23.9 Å². The number of imidazole rings is 1. The summed E-state index contributed by atoms with van der Waals surface area (Å²) in [6.45, 7) is 0.473. The second-order valence-electron chi connectivity index (χ2n) is 5.59. The average Bonchev–Trinajstić information content (AvgIpc) is 3.09. The van der Waals surface area contributed by atoms with E-state index in [0.29, 0.717) is 24.4 Å². The predicted octanol–water partition coefficient (Wildman–Crippen LogP) is 1.51. The lowest BCUT2D eigenvalue weighted by Crippen LogP contribution is -2.38. The molecule has 1 N–H and O–H groups in total. The van der Waals surface area contributed by atoms with Gasteiger partial charge in [0, 0.05) is 26.0 Å². The summed E-state index contributed by atoms with van der Waals surface area (Å²) in [5, 5.41) is 0. The molecule has 0 radical (unpaired) electrons. The zero-order valence-corrected chi connectivity index (χ0v) is 13.5. The second kappa shape index (κ2) is 6.38. The third-order valence-corrected chi connectivity index (χ3v) is 5.18. The molecule has 0 spiro atoms. The molecule has 124 valence electrons. The molecule has 0 saturated carbocycles. The van der Waals surface area contributed by atoms with Crippen molar-refractivity contribution in [3.8, 4) is 0 Å². The quantitative estimate of drug-likeness (QED) is 0.896. The van der Waals surface area contributed by atoms with Crippen molar-refractivity contribution in [3.63, 3.8) is 0 Å². The molecule has 2 aromatic rings. The molecule has 1 aliphatic heterocycles. The lowest BCUT2D eigenvalue weighted by atomic mass is 10.1. The van der Waals surface area contributed by atoms with Gasteiger partial charge in [-0.3, -0.25) is 0 Å². The normalized spacial score (nSPS) is 21.7. The van der Waals surface area contributed by atoms with E-state index < -0.39 is 21.9 Å². The number of nitrogens with one attached hydrogen (secondary N) is 1. The molecule has 1 aromatic carbocycles. The summed E-state index contributed by atoms with van der Waals surface area (Å²) in [7, 11) is -1.72. The third kappa shape index (κ3) is 3.77. The lowest BCUT2D eigenvalue weighted by Gasteiger charge is -2.19. The summed E-state index contributed by atoms with van der Waals surface area (Å²) in [5.74, 6) is 0.104. The number of sulfonamides is 1. The standard InChI is InChI=1S/C15H18FN3O3S/c1-19-8-7-17-15(19)14-13(6-9-22-14)18-23(20,21)10-11-2-4-12(16)5-3-11/h2-5,7-8,13-14,18H,6,9-10H2,1H3/t13-,14-/m0/s1. The van der Waals surface area contributed by atoms with Gasteiger partial charge in [0.15, 0.2) is 0 Å². The van der Waals surface area contributed by atoms with Crippen LogP contribution in [-0.2, 0) is 27.6 Å². The number of rotatable bonds is 5. The van der Waals surface area contributed by atoms with E-state index in [2.05, 4.69) is 9.71 Å². The smallest absolute Gasteiger partial charge is 0.216 e. The van der Waals surface area contributed by atoms with Crippen LogP contribution in [0.15, 0.2) is 36.7 Å². The Balaban J connectivity index is 1.72. The highest BCUT2D eigenvalue weighted by molar-refractivity contribution is 7.88. The molecule has 1 aromatic heterocycles. The number of benzene rings is 1. The van der Waals surface area contributed by atoms with Crippen molar-refractivity contribution in [2.45, 2.75) is 24.3 Å². The minimum absolute atomic E-state index is 0.197. The monoisotopic (exact) mass is 339 g/mol. The molecule has 8 heteroatoms. The second-order valence-corrected chi connectivity index (χ2v) is 7.34. The number of hydrogen-bond donors (Lipinski definition) is 1.